The quantitative estimate of drug-likeness (QED) is 0.528. The fraction of sp³-hybridized carbons (Fsp3) is 0.833. The summed E-state index contributed by atoms with van der Waals surface area (Å²) in [6.07, 6.45) is 1.60. The molecule has 2 radical (unpaired) electrons. The van der Waals surface area contributed by atoms with Gasteiger partial charge in [-0.3, -0.25) is 4.79 Å². The number of hydrogen-bond acceptors (Lipinski definition) is 2. The lowest BCUT2D eigenvalue weighted by Gasteiger charge is -2.08. The average molecular weight is 126 g/mol. The third-order valence-electron chi connectivity index (χ3n) is 1.44. The summed E-state index contributed by atoms with van der Waals surface area (Å²) < 4.78 is 4.06. The Morgan fingerprint density at radius 3 is 2.11 bits per heavy atom. The van der Waals surface area contributed by atoms with Crippen LogP contribution < -0.4 is 0 Å². The molecule has 0 rings (SSSR count). The highest BCUT2D eigenvalue weighted by Gasteiger charge is 2.12. The van der Waals surface area contributed by atoms with Crippen molar-refractivity contribution in [3.63, 3.8) is 0 Å². The van der Waals surface area contributed by atoms with Crippen LogP contribution in [-0.4, -0.2) is 14.0 Å². The summed E-state index contributed by atoms with van der Waals surface area (Å²) in [5.74, 6) is -0.324. The van der Waals surface area contributed by atoms with Crippen LogP contribution in [0.4, 0.5) is 0 Å². The number of carbonyl (C=O) groups is 1. The minimum absolute atomic E-state index is 0.0185. The van der Waals surface area contributed by atoms with E-state index in [1.165, 1.54) is 0 Å². The van der Waals surface area contributed by atoms with Gasteiger partial charge in [0.05, 0.1) is 5.92 Å². The predicted octanol–water partition coefficient (Wildman–Crippen LogP) is 1.05. The van der Waals surface area contributed by atoms with Crippen molar-refractivity contribution in [2.75, 3.05) is 0 Å². The van der Waals surface area contributed by atoms with Crippen molar-refractivity contribution >= 4 is 14.0 Å². The van der Waals surface area contributed by atoms with Gasteiger partial charge in [0, 0.05) is 0 Å². The highest BCUT2D eigenvalue weighted by molar-refractivity contribution is 6.05. The summed E-state index contributed by atoms with van der Waals surface area (Å²) in [5.41, 5.74) is 0. The van der Waals surface area contributed by atoms with Crippen molar-refractivity contribution in [1.29, 1.82) is 0 Å². The zero-order valence-electron chi connectivity index (χ0n) is 5.89. The molecule has 0 saturated heterocycles. The molecule has 2 nitrogen and oxygen atoms in total. The normalized spacial score (nSPS) is 9.67. The monoisotopic (exact) mass is 126 g/mol. The van der Waals surface area contributed by atoms with E-state index < -0.39 is 0 Å². The Morgan fingerprint density at radius 1 is 1.56 bits per heavy atom. The maximum Gasteiger partial charge on any atom is 0.378 e. The van der Waals surface area contributed by atoms with Gasteiger partial charge in [-0.05, 0) is 12.8 Å². The second-order valence-corrected chi connectivity index (χ2v) is 1.95. The molecule has 0 aromatic heterocycles. The topological polar surface area (TPSA) is 26.3 Å². The molecule has 0 bridgehead atoms. The highest BCUT2D eigenvalue weighted by Crippen LogP contribution is 2.07. The van der Waals surface area contributed by atoms with Crippen LogP contribution in [0.3, 0.4) is 0 Å². The first-order valence-electron chi connectivity index (χ1n) is 3.16. The van der Waals surface area contributed by atoms with Crippen LogP contribution in [0.5, 0.6) is 0 Å². The van der Waals surface area contributed by atoms with E-state index in [0.29, 0.717) is 0 Å². The molecule has 0 fully saturated rings. The Labute approximate surface area is 57.0 Å². The smallest absolute Gasteiger partial charge is 0.378 e. The predicted molar refractivity (Wildman–Crippen MR) is 35.9 cm³/mol. The maximum atomic E-state index is 10.6. The Kier molecular flexibility index (Phi) is 4.19. The van der Waals surface area contributed by atoms with Gasteiger partial charge in [0.15, 0.2) is 0 Å². The minimum Gasteiger partial charge on any atom is -0.543 e. The van der Waals surface area contributed by atoms with Crippen LogP contribution >= 0.6 is 0 Å². The molecular formula is C6H11BO2. The summed E-state index contributed by atoms with van der Waals surface area (Å²) in [6.45, 7) is 3.87. The van der Waals surface area contributed by atoms with Crippen molar-refractivity contribution < 1.29 is 9.45 Å². The van der Waals surface area contributed by atoms with Crippen LogP contribution in [0.1, 0.15) is 26.7 Å². The zero-order chi connectivity index (χ0) is 7.28. The van der Waals surface area contributed by atoms with E-state index in [1.807, 2.05) is 13.8 Å². The van der Waals surface area contributed by atoms with E-state index in [9.17, 15) is 4.79 Å². The maximum absolute atomic E-state index is 10.6. The van der Waals surface area contributed by atoms with Crippen molar-refractivity contribution in [2.45, 2.75) is 26.7 Å². The summed E-state index contributed by atoms with van der Waals surface area (Å²) >= 11 is 0. The van der Waals surface area contributed by atoms with Crippen LogP contribution in [-0.2, 0) is 9.45 Å². The van der Waals surface area contributed by atoms with Gasteiger partial charge in [0.1, 0.15) is 0 Å². The first-order valence-corrected chi connectivity index (χ1v) is 3.16. The van der Waals surface area contributed by atoms with E-state index in [-0.39, 0.29) is 11.9 Å². The molecule has 0 aliphatic rings. The molecule has 50 valence electrons. The first kappa shape index (κ1) is 8.53. The van der Waals surface area contributed by atoms with Gasteiger partial charge in [-0.2, -0.15) is 0 Å². The zero-order valence-corrected chi connectivity index (χ0v) is 5.89. The molecule has 0 N–H and O–H groups in total. The molecule has 0 atom stereocenters. The summed E-state index contributed by atoms with van der Waals surface area (Å²) in [5, 5.41) is 0. The van der Waals surface area contributed by atoms with E-state index in [4.69, 9.17) is 0 Å². The SMILES string of the molecule is [B]OC(=O)C(CC)CC. The average Bonchev–Trinajstić information content (AvgIpc) is 1.90. The molecule has 0 aromatic carbocycles. The Balaban J connectivity index is 3.64. The first-order chi connectivity index (χ1) is 4.26. The van der Waals surface area contributed by atoms with Crippen LogP contribution in [0.2, 0.25) is 0 Å². The third kappa shape index (κ3) is 2.54. The second-order valence-electron chi connectivity index (χ2n) is 1.95. The summed E-state index contributed by atoms with van der Waals surface area (Å²) in [6, 6.07) is 0. The Bertz CT molecular complexity index is 89.1. The van der Waals surface area contributed by atoms with Gasteiger partial charge in [0.25, 0.3) is 5.97 Å². The fourth-order valence-electron chi connectivity index (χ4n) is 0.718. The number of hydrogen-bond donors (Lipinski definition) is 0. The fourth-order valence-corrected chi connectivity index (χ4v) is 0.718. The van der Waals surface area contributed by atoms with Gasteiger partial charge < -0.3 is 4.65 Å². The number of carbonyl (C=O) groups excluding carboxylic acids is 1. The molecule has 0 amide bonds. The van der Waals surface area contributed by atoms with Gasteiger partial charge in [-0.15, -0.1) is 0 Å². The highest BCUT2D eigenvalue weighted by atomic mass is 16.5. The molecule has 3 heteroatoms. The summed E-state index contributed by atoms with van der Waals surface area (Å²) in [4.78, 5) is 10.6. The van der Waals surface area contributed by atoms with Gasteiger partial charge in [0.2, 0.25) is 0 Å². The Morgan fingerprint density at radius 2 is 2.00 bits per heavy atom. The molecule has 0 aromatic rings. The lowest BCUT2D eigenvalue weighted by atomic mass is 10.0. The molecule has 9 heavy (non-hydrogen) atoms. The van der Waals surface area contributed by atoms with Gasteiger partial charge in [-0.1, -0.05) is 13.8 Å². The van der Waals surface area contributed by atoms with E-state index in [1.54, 1.807) is 0 Å². The van der Waals surface area contributed by atoms with Crippen molar-refractivity contribution in [2.24, 2.45) is 5.92 Å². The van der Waals surface area contributed by atoms with Crippen molar-refractivity contribution in [1.82, 2.24) is 0 Å². The standard InChI is InChI=1S/C6H11BO2/c1-3-5(4-2)6(8)9-7/h5H,3-4H2,1-2H3. The van der Waals surface area contributed by atoms with Gasteiger partial charge in [-0.25, -0.2) is 0 Å². The molecule has 0 aliphatic heterocycles. The lowest BCUT2D eigenvalue weighted by Crippen LogP contribution is -2.14. The molecule has 0 heterocycles. The third-order valence-corrected chi connectivity index (χ3v) is 1.44. The van der Waals surface area contributed by atoms with Crippen molar-refractivity contribution in [3.8, 4) is 0 Å². The lowest BCUT2D eigenvalue weighted by molar-refractivity contribution is -0.138. The van der Waals surface area contributed by atoms with Gasteiger partial charge >= 0.3 is 8.05 Å². The second kappa shape index (κ2) is 4.42. The van der Waals surface area contributed by atoms with Crippen LogP contribution in [0.25, 0.3) is 0 Å². The number of rotatable bonds is 3. The van der Waals surface area contributed by atoms with E-state index >= 15 is 0 Å². The van der Waals surface area contributed by atoms with Crippen LogP contribution in [0, 0.1) is 5.92 Å². The van der Waals surface area contributed by atoms with E-state index in [0.717, 1.165) is 12.8 Å². The minimum atomic E-state index is -0.306. The van der Waals surface area contributed by atoms with Crippen LogP contribution in [0.15, 0.2) is 0 Å². The van der Waals surface area contributed by atoms with E-state index in [2.05, 4.69) is 12.7 Å². The molecule has 0 unspecified atom stereocenters. The molecule has 0 aliphatic carbocycles. The molecule has 0 spiro atoms. The largest absolute Gasteiger partial charge is 0.543 e. The van der Waals surface area contributed by atoms with Crippen molar-refractivity contribution in [3.05, 3.63) is 0 Å². The molecular weight excluding hydrogens is 115 g/mol. The molecule has 0 saturated carbocycles. The summed E-state index contributed by atoms with van der Waals surface area (Å²) in [7, 11) is 4.67. The Hall–Kier alpha value is -0.465.